The Morgan fingerprint density at radius 1 is 1.06 bits per heavy atom. The molecule has 0 aliphatic heterocycles. The van der Waals surface area contributed by atoms with E-state index >= 15 is 0 Å². The highest BCUT2D eigenvalue weighted by atomic mass is 32.2. The average molecular weight is 480 g/mol. The van der Waals surface area contributed by atoms with Gasteiger partial charge in [0.2, 0.25) is 5.91 Å². The van der Waals surface area contributed by atoms with Crippen LogP contribution >= 0.6 is 11.8 Å². The molecule has 0 aliphatic carbocycles. The molecular weight excluding hydrogens is 446 g/mol. The SMILES string of the molecule is CCn1c(SCC(=O)NCCc2ccccc2)nnc1[C@H](NC(=O)c1cccc(C)c1)C(C)C. The minimum absolute atomic E-state index is 0.0405. The second-order valence-electron chi connectivity index (χ2n) is 8.52. The molecule has 2 amide bonds. The number of hydrogen-bond acceptors (Lipinski definition) is 5. The first-order valence-electron chi connectivity index (χ1n) is 11.6. The van der Waals surface area contributed by atoms with E-state index in [1.807, 2.05) is 74.7 Å². The molecule has 1 aromatic heterocycles. The quantitative estimate of drug-likeness (QED) is 0.403. The van der Waals surface area contributed by atoms with Crippen LogP contribution in [0.5, 0.6) is 0 Å². The third kappa shape index (κ3) is 6.93. The fraction of sp³-hybridized carbons (Fsp3) is 0.385. The molecule has 2 N–H and O–H groups in total. The number of carbonyl (C=O) groups excluding carboxylic acids is 2. The Morgan fingerprint density at radius 2 is 1.82 bits per heavy atom. The fourth-order valence-corrected chi connectivity index (χ4v) is 4.49. The molecule has 2 aromatic carbocycles. The number of hydrogen-bond donors (Lipinski definition) is 2. The summed E-state index contributed by atoms with van der Waals surface area (Å²) in [5.74, 6) is 0.892. The third-order valence-electron chi connectivity index (χ3n) is 5.48. The molecule has 0 spiro atoms. The largest absolute Gasteiger partial charge is 0.355 e. The molecule has 0 saturated heterocycles. The van der Waals surface area contributed by atoms with Crippen molar-refractivity contribution in [2.75, 3.05) is 12.3 Å². The summed E-state index contributed by atoms with van der Waals surface area (Å²) in [7, 11) is 0. The summed E-state index contributed by atoms with van der Waals surface area (Å²) in [5.41, 5.74) is 2.85. The van der Waals surface area contributed by atoms with E-state index in [2.05, 4.69) is 33.0 Å². The molecule has 0 radical (unpaired) electrons. The summed E-state index contributed by atoms with van der Waals surface area (Å²) in [5, 5.41) is 15.5. The predicted octanol–water partition coefficient (Wildman–Crippen LogP) is 4.18. The number of nitrogens with zero attached hydrogens (tertiary/aromatic N) is 3. The van der Waals surface area contributed by atoms with Crippen molar-refractivity contribution in [1.82, 2.24) is 25.4 Å². The Labute approximate surface area is 205 Å². The van der Waals surface area contributed by atoms with Crippen molar-refractivity contribution in [1.29, 1.82) is 0 Å². The van der Waals surface area contributed by atoms with E-state index in [4.69, 9.17) is 0 Å². The highest BCUT2D eigenvalue weighted by molar-refractivity contribution is 7.99. The van der Waals surface area contributed by atoms with Crippen molar-refractivity contribution in [2.45, 2.75) is 51.9 Å². The van der Waals surface area contributed by atoms with E-state index in [1.54, 1.807) is 0 Å². The zero-order chi connectivity index (χ0) is 24.5. The number of carbonyl (C=O) groups is 2. The lowest BCUT2D eigenvalue weighted by Crippen LogP contribution is -2.34. The zero-order valence-electron chi connectivity index (χ0n) is 20.2. The molecule has 0 fully saturated rings. The van der Waals surface area contributed by atoms with Crippen molar-refractivity contribution in [3.8, 4) is 0 Å². The van der Waals surface area contributed by atoms with Crippen LogP contribution in [0.25, 0.3) is 0 Å². The highest BCUT2D eigenvalue weighted by Crippen LogP contribution is 2.25. The van der Waals surface area contributed by atoms with Crippen molar-refractivity contribution in [3.05, 3.63) is 77.1 Å². The molecule has 8 heteroatoms. The van der Waals surface area contributed by atoms with Crippen LogP contribution in [0.1, 0.15) is 54.1 Å². The third-order valence-corrected chi connectivity index (χ3v) is 6.45. The molecule has 7 nitrogen and oxygen atoms in total. The molecule has 0 aliphatic rings. The molecule has 3 rings (SSSR count). The predicted molar refractivity (Wildman–Crippen MR) is 136 cm³/mol. The molecule has 3 aromatic rings. The maximum absolute atomic E-state index is 12.9. The number of rotatable bonds is 11. The zero-order valence-corrected chi connectivity index (χ0v) is 21.1. The van der Waals surface area contributed by atoms with Crippen LogP contribution in [0.4, 0.5) is 0 Å². The molecule has 180 valence electrons. The Bertz CT molecular complexity index is 1100. The Hall–Kier alpha value is -3.13. The topological polar surface area (TPSA) is 88.9 Å². The van der Waals surface area contributed by atoms with Gasteiger partial charge in [-0.15, -0.1) is 10.2 Å². The molecule has 1 heterocycles. The van der Waals surface area contributed by atoms with E-state index in [1.165, 1.54) is 17.3 Å². The van der Waals surface area contributed by atoms with Gasteiger partial charge in [-0.2, -0.15) is 0 Å². The maximum atomic E-state index is 12.9. The normalized spacial score (nSPS) is 11.9. The summed E-state index contributed by atoms with van der Waals surface area (Å²) in [6.45, 7) is 9.30. The van der Waals surface area contributed by atoms with Gasteiger partial charge in [0.25, 0.3) is 5.91 Å². The van der Waals surface area contributed by atoms with Crippen molar-refractivity contribution >= 4 is 23.6 Å². The maximum Gasteiger partial charge on any atom is 0.251 e. The van der Waals surface area contributed by atoms with Gasteiger partial charge in [-0.05, 0) is 43.9 Å². The first kappa shape index (κ1) is 25.5. The fourth-order valence-electron chi connectivity index (χ4n) is 3.65. The van der Waals surface area contributed by atoms with Gasteiger partial charge in [0, 0.05) is 18.7 Å². The summed E-state index contributed by atoms with van der Waals surface area (Å²) in [6, 6.07) is 17.3. The number of amides is 2. The second-order valence-corrected chi connectivity index (χ2v) is 9.47. The highest BCUT2D eigenvalue weighted by Gasteiger charge is 2.26. The smallest absolute Gasteiger partial charge is 0.251 e. The number of aromatic nitrogens is 3. The van der Waals surface area contributed by atoms with Gasteiger partial charge in [0.05, 0.1) is 11.8 Å². The Morgan fingerprint density at radius 3 is 2.50 bits per heavy atom. The van der Waals surface area contributed by atoms with Crippen LogP contribution < -0.4 is 10.6 Å². The van der Waals surface area contributed by atoms with Crippen molar-refractivity contribution in [2.24, 2.45) is 5.92 Å². The van der Waals surface area contributed by atoms with Gasteiger partial charge >= 0.3 is 0 Å². The first-order chi connectivity index (χ1) is 16.4. The van der Waals surface area contributed by atoms with Crippen LogP contribution in [-0.2, 0) is 17.8 Å². The average Bonchev–Trinajstić information content (AvgIpc) is 3.24. The van der Waals surface area contributed by atoms with Crippen LogP contribution in [0.3, 0.4) is 0 Å². The summed E-state index contributed by atoms with van der Waals surface area (Å²) < 4.78 is 1.98. The van der Waals surface area contributed by atoms with E-state index in [0.717, 1.165) is 12.0 Å². The number of aryl methyl sites for hydroxylation is 1. The van der Waals surface area contributed by atoms with E-state index in [9.17, 15) is 9.59 Å². The molecule has 0 saturated carbocycles. The van der Waals surface area contributed by atoms with E-state index < -0.39 is 0 Å². The molecule has 34 heavy (non-hydrogen) atoms. The van der Waals surface area contributed by atoms with Crippen LogP contribution in [0, 0.1) is 12.8 Å². The van der Waals surface area contributed by atoms with Gasteiger partial charge < -0.3 is 15.2 Å². The lowest BCUT2D eigenvalue weighted by molar-refractivity contribution is -0.118. The lowest BCUT2D eigenvalue weighted by atomic mass is 10.0. The van der Waals surface area contributed by atoms with Crippen molar-refractivity contribution in [3.63, 3.8) is 0 Å². The standard InChI is InChI=1S/C26H33N5O2S/c1-5-31-24(23(18(2)3)28-25(33)21-13-9-10-19(4)16-21)29-30-26(31)34-17-22(32)27-15-14-20-11-7-6-8-12-20/h6-13,16,18,23H,5,14-15,17H2,1-4H3,(H,27,32)(H,28,33)/t23-/m1/s1. The minimum atomic E-state index is -0.297. The summed E-state index contributed by atoms with van der Waals surface area (Å²) in [4.78, 5) is 25.2. The Balaban J connectivity index is 1.61. The van der Waals surface area contributed by atoms with E-state index in [-0.39, 0.29) is 29.5 Å². The van der Waals surface area contributed by atoms with Crippen LogP contribution in [-0.4, -0.2) is 38.9 Å². The summed E-state index contributed by atoms with van der Waals surface area (Å²) in [6.07, 6.45) is 0.795. The molecule has 0 bridgehead atoms. The Kier molecular flexibility index (Phi) is 9.27. The molecular formula is C26H33N5O2S. The van der Waals surface area contributed by atoms with Crippen LogP contribution in [0.2, 0.25) is 0 Å². The van der Waals surface area contributed by atoms with Gasteiger partial charge in [-0.25, -0.2) is 0 Å². The summed E-state index contributed by atoms with van der Waals surface area (Å²) >= 11 is 1.36. The van der Waals surface area contributed by atoms with Gasteiger partial charge in [0.1, 0.15) is 0 Å². The van der Waals surface area contributed by atoms with Gasteiger partial charge in [-0.3, -0.25) is 9.59 Å². The second kappa shape index (κ2) is 12.4. The molecule has 1 atom stereocenters. The lowest BCUT2D eigenvalue weighted by Gasteiger charge is -2.22. The number of thioether (sulfide) groups is 1. The van der Waals surface area contributed by atoms with Gasteiger partial charge in [-0.1, -0.05) is 73.6 Å². The van der Waals surface area contributed by atoms with Crippen molar-refractivity contribution < 1.29 is 9.59 Å². The monoisotopic (exact) mass is 479 g/mol. The number of benzene rings is 2. The van der Waals surface area contributed by atoms with Gasteiger partial charge in [0.15, 0.2) is 11.0 Å². The van der Waals surface area contributed by atoms with E-state index in [0.29, 0.717) is 29.6 Å². The minimum Gasteiger partial charge on any atom is -0.355 e. The number of nitrogens with one attached hydrogen (secondary N) is 2. The first-order valence-corrected chi connectivity index (χ1v) is 12.6. The molecule has 0 unspecified atom stereocenters. The van der Waals surface area contributed by atoms with Crippen LogP contribution in [0.15, 0.2) is 59.8 Å².